The molecule has 0 bridgehead atoms. The van der Waals surface area contributed by atoms with E-state index in [0.29, 0.717) is 11.9 Å². The number of rotatable bonds is 5. The predicted molar refractivity (Wildman–Crippen MR) is 115 cm³/mol. The van der Waals surface area contributed by atoms with Crippen LogP contribution in [0.4, 0.5) is 5.13 Å². The van der Waals surface area contributed by atoms with Crippen molar-refractivity contribution in [3.8, 4) is 0 Å². The van der Waals surface area contributed by atoms with Crippen LogP contribution >= 0.6 is 22.7 Å². The van der Waals surface area contributed by atoms with Crippen LogP contribution in [0.1, 0.15) is 17.7 Å². The summed E-state index contributed by atoms with van der Waals surface area (Å²) >= 11 is 3.55. The van der Waals surface area contributed by atoms with Gasteiger partial charge in [-0.2, -0.15) is 0 Å². The second-order valence-corrected chi connectivity index (χ2v) is 9.22. The molecule has 4 heterocycles. The van der Waals surface area contributed by atoms with E-state index in [9.17, 15) is 0 Å². The van der Waals surface area contributed by atoms with Gasteiger partial charge in [-0.15, -0.1) is 22.7 Å². The quantitative estimate of drug-likeness (QED) is 0.613. The van der Waals surface area contributed by atoms with Crippen molar-refractivity contribution >= 4 is 33.8 Å². The molecular weight excluding hydrogens is 376 g/mol. The molecule has 4 rings (SSSR count). The molecule has 1 unspecified atom stereocenters. The number of hydrogen-bond donors (Lipinski definition) is 1. The van der Waals surface area contributed by atoms with E-state index in [2.05, 4.69) is 37.2 Å². The standard InChI is InChI=1S/C19H28N6S2/c20-18(24-7-9-25(10-8-24)19-21-5-12-27-19)22-13-16-3-1-6-23(14-16)15-17-4-2-11-26-17/h2,4-5,11-12,16H,1,3,6-10,13-15H2,(H2,20,22). The molecule has 0 spiro atoms. The van der Waals surface area contributed by atoms with Gasteiger partial charge in [0, 0.05) is 62.3 Å². The maximum atomic E-state index is 6.31. The molecule has 2 aliphatic rings. The Balaban J connectivity index is 1.24. The zero-order valence-corrected chi connectivity index (χ0v) is 17.3. The first-order valence-electron chi connectivity index (χ1n) is 9.72. The number of thiophene rings is 1. The summed E-state index contributed by atoms with van der Waals surface area (Å²) < 4.78 is 0. The van der Waals surface area contributed by atoms with E-state index < -0.39 is 0 Å². The molecule has 1 atom stereocenters. The van der Waals surface area contributed by atoms with Crippen molar-refractivity contribution in [2.75, 3.05) is 50.7 Å². The van der Waals surface area contributed by atoms with Crippen molar-refractivity contribution in [2.45, 2.75) is 19.4 Å². The second kappa shape index (κ2) is 9.03. The van der Waals surface area contributed by atoms with Gasteiger partial charge in [-0.1, -0.05) is 6.07 Å². The molecule has 2 aromatic heterocycles. The number of aromatic nitrogens is 1. The number of nitrogens with two attached hydrogens (primary N) is 1. The molecule has 2 aliphatic heterocycles. The van der Waals surface area contributed by atoms with Gasteiger partial charge in [0.15, 0.2) is 11.1 Å². The van der Waals surface area contributed by atoms with E-state index in [1.165, 1.54) is 24.3 Å². The lowest BCUT2D eigenvalue weighted by molar-refractivity contribution is 0.172. The molecule has 0 saturated carbocycles. The average Bonchev–Trinajstić information content (AvgIpc) is 3.41. The molecule has 2 saturated heterocycles. The number of piperidine rings is 1. The smallest absolute Gasteiger partial charge is 0.191 e. The number of anilines is 1. The normalized spacial score (nSPS) is 22.4. The monoisotopic (exact) mass is 404 g/mol. The molecule has 27 heavy (non-hydrogen) atoms. The average molecular weight is 405 g/mol. The van der Waals surface area contributed by atoms with Gasteiger partial charge < -0.3 is 15.5 Å². The minimum Gasteiger partial charge on any atom is -0.370 e. The summed E-state index contributed by atoms with van der Waals surface area (Å²) in [6.45, 7) is 8.02. The number of aliphatic imine (C=N–C) groups is 1. The van der Waals surface area contributed by atoms with Gasteiger partial charge in [0.05, 0.1) is 0 Å². The molecule has 2 N–H and O–H groups in total. The van der Waals surface area contributed by atoms with Crippen molar-refractivity contribution in [1.29, 1.82) is 0 Å². The molecule has 0 aromatic carbocycles. The van der Waals surface area contributed by atoms with Crippen LogP contribution in [0.3, 0.4) is 0 Å². The first kappa shape index (κ1) is 18.7. The molecule has 0 aliphatic carbocycles. The molecule has 2 aromatic rings. The largest absolute Gasteiger partial charge is 0.370 e. The van der Waals surface area contributed by atoms with Crippen molar-refractivity contribution in [1.82, 2.24) is 14.8 Å². The molecule has 0 amide bonds. The van der Waals surface area contributed by atoms with Gasteiger partial charge in [-0.25, -0.2) is 4.98 Å². The van der Waals surface area contributed by atoms with Gasteiger partial charge in [-0.05, 0) is 36.8 Å². The highest BCUT2D eigenvalue weighted by atomic mass is 32.1. The van der Waals surface area contributed by atoms with Gasteiger partial charge in [-0.3, -0.25) is 9.89 Å². The highest BCUT2D eigenvalue weighted by Crippen LogP contribution is 2.21. The molecule has 2 fully saturated rings. The Morgan fingerprint density at radius 3 is 2.81 bits per heavy atom. The number of nitrogens with zero attached hydrogens (tertiary/aromatic N) is 5. The third-order valence-electron chi connectivity index (χ3n) is 5.37. The molecule has 0 radical (unpaired) electrons. The Kier molecular flexibility index (Phi) is 6.26. The first-order chi connectivity index (χ1) is 13.3. The van der Waals surface area contributed by atoms with E-state index in [1.807, 2.05) is 22.9 Å². The lowest BCUT2D eigenvalue weighted by Crippen LogP contribution is -2.51. The lowest BCUT2D eigenvalue weighted by atomic mass is 9.98. The Labute approximate surface area is 169 Å². The fourth-order valence-corrected chi connectivity index (χ4v) is 5.33. The highest BCUT2D eigenvalue weighted by Gasteiger charge is 2.22. The van der Waals surface area contributed by atoms with Crippen LogP contribution in [-0.4, -0.2) is 66.6 Å². The Morgan fingerprint density at radius 1 is 1.19 bits per heavy atom. The van der Waals surface area contributed by atoms with Crippen LogP contribution in [0.15, 0.2) is 34.1 Å². The molecule has 6 nitrogen and oxygen atoms in total. The van der Waals surface area contributed by atoms with Crippen LogP contribution < -0.4 is 10.6 Å². The number of likely N-dealkylation sites (tertiary alicyclic amines) is 1. The summed E-state index contributed by atoms with van der Waals surface area (Å²) in [6.07, 6.45) is 4.39. The fraction of sp³-hybridized carbons (Fsp3) is 0.579. The minimum atomic E-state index is 0.619. The molecule has 146 valence electrons. The third-order valence-corrected chi connectivity index (χ3v) is 7.06. The van der Waals surface area contributed by atoms with Crippen molar-refractivity contribution in [3.63, 3.8) is 0 Å². The summed E-state index contributed by atoms with van der Waals surface area (Å²) in [5.41, 5.74) is 6.31. The summed E-state index contributed by atoms with van der Waals surface area (Å²) in [7, 11) is 0. The summed E-state index contributed by atoms with van der Waals surface area (Å²) in [6, 6.07) is 4.37. The first-order valence-corrected chi connectivity index (χ1v) is 11.5. The molecular formula is C19H28N6S2. The minimum absolute atomic E-state index is 0.619. The van der Waals surface area contributed by atoms with Crippen molar-refractivity contribution in [2.24, 2.45) is 16.6 Å². The molecule has 8 heteroatoms. The van der Waals surface area contributed by atoms with Crippen molar-refractivity contribution in [3.05, 3.63) is 34.0 Å². The van der Waals surface area contributed by atoms with Crippen LogP contribution in [-0.2, 0) is 6.54 Å². The Bertz CT molecular complexity index is 707. The van der Waals surface area contributed by atoms with Crippen molar-refractivity contribution < 1.29 is 0 Å². The number of piperazine rings is 1. The topological polar surface area (TPSA) is 61.0 Å². The van der Waals surface area contributed by atoms with E-state index in [-0.39, 0.29) is 0 Å². The zero-order chi connectivity index (χ0) is 18.5. The van der Waals surface area contributed by atoms with E-state index in [1.54, 1.807) is 11.3 Å². The summed E-state index contributed by atoms with van der Waals surface area (Å²) in [5.74, 6) is 1.33. The predicted octanol–water partition coefficient (Wildman–Crippen LogP) is 2.55. The van der Waals surface area contributed by atoms with Crippen LogP contribution in [0.25, 0.3) is 0 Å². The summed E-state index contributed by atoms with van der Waals surface area (Å²) in [5, 5.41) is 5.30. The number of hydrogen-bond acceptors (Lipinski definition) is 6. The summed E-state index contributed by atoms with van der Waals surface area (Å²) in [4.78, 5) is 17.7. The number of guanidine groups is 1. The van der Waals surface area contributed by atoms with E-state index in [4.69, 9.17) is 10.7 Å². The van der Waals surface area contributed by atoms with Crippen LogP contribution in [0, 0.1) is 5.92 Å². The Hall–Kier alpha value is -1.64. The number of thiazole rings is 1. The van der Waals surface area contributed by atoms with Crippen LogP contribution in [0.5, 0.6) is 0 Å². The lowest BCUT2D eigenvalue weighted by Gasteiger charge is -2.35. The Morgan fingerprint density at radius 2 is 2.07 bits per heavy atom. The van der Waals surface area contributed by atoms with Gasteiger partial charge in [0.2, 0.25) is 0 Å². The fourth-order valence-electron chi connectivity index (χ4n) is 3.89. The van der Waals surface area contributed by atoms with Gasteiger partial charge in [0.25, 0.3) is 0 Å². The highest BCUT2D eigenvalue weighted by molar-refractivity contribution is 7.13. The van der Waals surface area contributed by atoms with Gasteiger partial charge in [0.1, 0.15) is 0 Å². The third kappa shape index (κ3) is 5.00. The zero-order valence-electron chi connectivity index (χ0n) is 15.7. The second-order valence-electron chi connectivity index (χ2n) is 7.31. The van der Waals surface area contributed by atoms with E-state index >= 15 is 0 Å². The maximum absolute atomic E-state index is 6.31. The SMILES string of the molecule is NC(=NCC1CCCN(Cc2cccs2)C1)N1CCN(c2nccs2)CC1. The van der Waals surface area contributed by atoms with E-state index in [0.717, 1.165) is 50.9 Å². The van der Waals surface area contributed by atoms with Crippen LogP contribution in [0.2, 0.25) is 0 Å². The van der Waals surface area contributed by atoms with Gasteiger partial charge >= 0.3 is 0 Å². The maximum Gasteiger partial charge on any atom is 0.191 e.